The highest BCUT2D eigenvalue weighted by Crippen LogP contribution is 2.19. The number of hydrogen-bond acceptors (Lipinski definition) is 4. The molecule has 0 aliphatic rings. The number of carbonyl (C=O) groups excluding carboxylic acids is 1. The molecule has 0 saturated heterocycles. The zero-order valence-electron chi connectivity index (χ0n) is 16.0. The maximum absolute atomic E-state index is 12.6. The van der Waals surface area contributed by atoms with Crippen molar-refractivity contribution in [1.82, 2.24) is 10.2 Å². The average Bonchev–Trinajstić information content (AvgIpc) is 2.50. The number of nitrogens with one attached hydrogen (secondary N) is 1. The molecule has 1 rings (SSSR count). The second kappa shape index (κ2) is 8.56. The SMILES string of the molecule is CC[C@@H](C)N(Cc1cccc(OS(=O)(=O)CC)c1)C(=O)NC(C)(C)C. The minimum atomic E-state index is -3.57. The fourth-order valence-electron chi connectivity index (χ4n) is 2.14. The number of urea groups is 1. The molecule has 142 valence electrons. The molecular weight excluding hydrogens is 340 g/mol. The molecule has 0 aliphatic heterocycles. The van der Waals surface area contributed by atoms with Gasteiger partial charge in [0.1, 0.15) is 5.75 Å². The molecule has 25 heavy (non-hydrogen) atoms. The van der Waals surface area contributed by atoms with Gasteiger partial charge < -0.3 is 14.4 Å². The van der Waals surface area contributed by atoms with Crippen LogP contribution in [-0.4, -0.2) is 36.7 Å². The summed E-state index contributed by atoms with van der Waals surface area (Å²) in [5.74, 6) is 0.171. The first kappa shape index (κ1) is 21.3. The summed E-state index contributed by atoms with van der Waals surface area (Å²) >= 11 is 0. The van der Waals surface area contributed by atoms with Crippen LogP contribution >= 0.6 is 0 Å². The molecule has 1 aromatic carbocycles. The predicted molar refractivity (Wildman–Crippen MR) is 100 cm³/mol. The van der Waals surface area contributed by atoms with Crippen molar-refractivity contribution in [1.29, 1.82) is 0 Å². The summed E-state index contributed by atoms with van der Waals surface area (Å²) in [5, 5.41) is 2.98. The molecule has 1 aromatic rings. The van der Waals surface area contributed by atoms with Gasteiger partial charge >= 0.3 is 16.1 Å². The first-order valence-electron chi connectivity index (χ1n) is 8.57. The van der Waals surface area contributed by atoms with Gasteiger partial charge in [-0.3, -0.25) is 0 Å². The first-order valence-corrected chi connectivity index (χ1v) is 10.1. The third-order valence-corrected chi connectivity index (χ3v) is 4.85. The average molecular weight is 371 g/mol. The van der Waals surface area contributed by atoms with E-state index in [9.17, 15) is 13.2 Å². The van der Waals surface area contributed by atoms with Gasteiger partial charge in [0.15, 0.2) is 0 Å². The quantitative estimate of drug-likeness (QED) is 0.745. The van der Waals surface area contributed by atoms with Crippen molar-refractivity contribution < 1.29 is 17.4 Å². The molecule has 0 saturated carbocycles. The standard InChI is InChI=1S/C18H30N2O4S/c1-7-14(3)20(17(21)19-18(4,5)6)13-15-10-9-11-16(12-15)24-25(22,23)8-2/h9-12,14H,7-8,13H2,1-6H3,(H,19,21)/t14-/m1/s1. The number of amides is 2. The van der Waals surface area contributed by atoms with Crippen LogP contribution in [0.15, 0.2) is 24.3 Å². The molecular formula is C18H30N2O4S. The van der Waals surface area contributed by atoms with Crippen LogP contribution in [0.25, 0.3) is 0 Å². The van der Waals surface area contributed by atoms with Gasteiger partial charge in [-0.25, -0.2) is 4.79 Å². The van der Waals surface area contributed by atoms with Gasteiger partial charge in [-0.2, -0.15) is 8.42 Å². The molecule has 0 aromatic heterocycles. The molecule has 0 bridgehead atoms. The van der Waals surface area contributed by atoms with Crippen LogP contribution in [0.2, 0.25) is 0 Å². The van der Waals surface area contributed by atoms with Crippen molar-refractivity contribution >= 4 is 16.1 Å². The molecule has 0 unspecified atom stereocenters. The van der Waals surface area contributed by atoms with Crippen molar-refractivity contribution in [2.24, 2.45) is 0 Å². The highest BCUT2D eigenvalue weighted by Gasteiger charge is 2.23. The van der Waals surface area contributed by atoms with Crippen LogP contribution in [0, 0.1) is 0 Å². The van der Waals surface area contributed by atoms with Crippen LogP contribution in [-0.2, 0) is 16.7 Å². The molecule has 0 radical (unpaired) electrons. The van der Waals surface area contributed by atoms with E-state index in [0.717, 1.165) is 12.0 Å². The predicted octanol–water partition coefficient (Wildman–Crippen LogP) is 3.52. The van der Waals surface area contributed by atoms with Gasteiger partial charge in [-0.1, -0.05) is 19.1 Å². The van der Waals surface area contributed by atoms with Gasteiger partial charge in [0.25, 0.3) is 0 Å². The Labute approximate surface area is 151 Å². The molecule has 0 heterocycles. The summed E-state index contributed by atoms with van der Waals surface area (Å²) < 4.78 is 28.3. The summed E-state index contributed by atoms with van der Waals surface area (Å²) in [7, 11) is -3.57. The minimum Gasteiger partial charge on any atom is -0.382 e. The van der Waals surface area contributed by atoms with Crippen LogP contribution in [0.5, 0.6) is 5.75 Å². The Morgan fingerprint density at radius 3 is 2.44 bits per heavy atom. The van der Waals surface area contributed by atoms with E-state index in [1.54, 1.807) is 23.1 Å². The largest absolute Gasteiger partial charge is 0.382 e. The minimum absolute atomic E-state index is 0.0475. The molecule has 6 nitrogen and oxygen atoms in total. The van der Waals surface area contributed by atoms with Gasteiger partial charge in [-0.05, 0) is 58.7 Å². The van der Waals surface area contributed by atoms with Crippen molar-refractivity contribution in [2.45, 2.75) is 66.1 Å². The Balaban J connectivity index is 2.99. The summed E-state index contributed by atoms with van der Waals surface area (Å²) in [4.78, 5) is 14.4. The summed E-state index contributed by atoms with van der Waals surface area (Å²) in [6.45, 7) is 11.7. The fourth-order valence-corrected chi connectivity index (χ4v) is 2.65. The monoisotopic (exact) mass is 370 g/mol. The highest BCUT2D eigenvalue weighted by atomic mass is 32.2. The third-order valence-electron chi connectivity index (χ3n) is 3.69. The van der Waals surface area contributed by atoms with E-state index in [2.05, 4.69) is 5.32 Å². The van der Waals surface area contributed by atoms with Crippen molar-refractivity contribution in [3.63, 3.8) is 0 Å². The van der Waals surface area contributed by atoms with Crippen LogP contribution in [0.1, 0.15) is 53.5 Å². The first-order chi connectivity index (χ1) is 11.5. The smallest absolute Gasteiger partial charge is 0.318 e. The Morgan fingerprint density at radius 1 is 1.28 bits per heavy atom. The van der Waals surface area contributed by atoms with Gasteiger partial charge in [0, 0.05) is 18.1 Å². The summed E-state index contributed by atoms with van der Waals surface area (Å²) in [6.07, 6.45) is 0.817. The lowest BCUT2D eigenvalue weighted by atomic mass is 10.1. The second-order valence-electron chi connectivity index (χ2n) is 7.14. The second-order valence-corrected chi connectivity index (χ2v) is 9.00. The normalized spacial score (nSPS) is 13.2. The van der Waals surface area contributed by atoms with E-state index in [1.165, 1.54) is 6.92 Å². The fraction of sp³-hybridized carbons (Fsp3) is 0.611. The number of benzene rings is 1. The van der Waals surface area contributed by atoms with Crippen LogP contribution < -0.4 is 9.50 Å². The number of nitrogens with zero attached hydrogens (tertiary/aromatic N) is 1. The molecule has 7 heteroatoms. The zero-order valence-corrected chi connectivity index (χ0v) is 16.8. The topological polar surface area (TPSA) is 75.7 Å². The van der Waals surface area contributed by atoms with Crippen LogP contribution in [0.4, 0.5) is 4.79 Å². The molecule has 0 spiro atoms. The van der Waals surface area contributed by atoms with E-state index in [1.807, 2.05) is 40.7 Å². The Kier molecular flexibility index (Phi) is 7.29. The van der Waals surface area contributed by atoms with Gasteiger partial charge in [0.2, 0.25) is 0 Å². The highest BCUT2D eigenvalue weighted by molar-refractivity contribution is 7.87. The number of carbonyl (C=O) groups is 1. The van der Waals surface area contributed by atoms with Crippen molar-refractivity contribution in [2.75, 3.05) is 5.75 Å². The Hall–Kier alpha value is -1.76. The third kappa shape index (κ3) is 7.34. The molecule has 1 N–H and O–H groups in total. The van der Waals surface area contributed by atoms with E-state index >= 15 is 0 Å². The van der Waals surface area contributed by atoms with E-state index < -0.39 is 10.1 Å². The summed E-state index contributed by atoms with van der Waals surface area (Å²) in [5.41, 5.74) is 0.483. The molecule has 1 atom stereocenters. The van der Waals surface area contributed by atoms with Gasteiger partial charge in [0.05, 0.1) is 5.75 Å². The van der Waals surface area contributed by atoms with Crippen LogP contribution in [0.3, 0.4) is 0 Å². The zero-order chi connectivity index (χ0) is 19.3. The lowest BCUT2D eigenvalue weighted by molar-refractivity contribution is 0.165. The lowest BCUT2D eigenvalue weighted by Gasteiger charge is -2.32. The van der Waals surface area contributed by atoms with E-state index in [4.69, 9.17) is 4.18 Å². The number of hydrogen-bond donors (Lipinski definition) is 1. The molecule has 0 aliphatic carbocycles. The van der Waals surface area contributed by atoms with Crippen molar-refractivity contribution in [3.05, 3.63) is 29.8 Å². The maximum atomic E-state index is 12.6. The van der Waals surface area contributed by atoms with E-state index in [0.29, 0.717) is 6.54 Å². The Bertz CT molecular complexity index is 681. The molecule has 0 fully saturated rings. The lowest BCUT2D eigenvalue weighted by Crippen LogP contribution is -2.50. The maximum Gasteiger partial charge on any atom is 0.318 e. The number of rotatable bonds is 7. The van der Waals surface area contributed by atoms with Crippen molar-refractivity contribution in [3.8, 4) is 5.75 Å². The van der Waals surface area contributed by atoms with E-state index in [-0.39, 0.29) is 29.1 Å². The Morgan fingerprint density at radius 2 is 1.92 bits per heavy atom. The van der Waals surface area contributed by atoms with Gasteiger partial charge in [-0.15, -0.1) is 0 Å². The summed E-state index contributed by atoms with van der Waals surface area (Å²) in [6, 6.07) is 6.74. The molecule has 2 amide bonds.